The van der Waals surface area contributed by atoms with Crippen molar-refractivity contribution in [2.24, 2.45) is 10.8 Å². The second kappa shape index (κ2) is 9.68. The van der Waals surface area contributed by atoms with Crippen LogP contribution < -0.4 is 21.7 Å². The van der Waals surface area contributed by atoms with Crippen LogP contribution in [-0.2, 0) is 9.53 Å². The number of methoxy groups -OCH3 is 1. The number of rotatable bonds is 10. The number of benzene rings is 1. The molecule has 1 heterocycles. The maximum absolute atomic E-state index is 11.9. The third kappa shape index (κ3) is 6.30. The number of carbonyl (C=O) groups is 1. The van der Waals surface area contributed by atoms with Crippen molar-refractivity contribution >= 4 is 11.9 Å². The lowest BCUT2D eigenvalue weighted by molar-refractivity contribution is -0.485. The predicted molar refractivity (Wildman–Crippen MR) is 95.8 cm³/mol. The number of nitro groups is 1. The SMILES string of the molecule is COC(=O)C(CCCNC(N)=N[N+](=O)[O-])NCC1NC1c1ccccc1. The number of guanidine groups is 1. The Kier molecular flexibility index (Phi) is 7.30. The number of nitrogens with zero attached hydrogens (tertiary/aromatic N) is 2. The van der Waals surface area contributed by atoms with Crippen molar-refractivity contribution in [1.29, 1.82) is 0 Å². The van der Waals surface area contributed by atoms with Gasteiger partial charge in [0.1, 0.15) is 11.1 Å². The number of nitrogens with one attached hydrogen (secondary N) is 3. The molecule has 1 aliphatic rings. The van der Waals surface area contributed by atoms with Gasteiger partial charge < -0.3 is 26.4 Å². The third-order valence-corrected chi connectivity index (χ3v) is 4.08. The van der Waals surface area contributed by atoms with Gasteiger partial charge in [-0.25, -0.2) is 10.1 Å². The normalized spacial score (nSPS) is 20.3. The molecule has 5 N–H and O–H groups in total. The van der Waals surface area contributed by atoms with Gasteiger partial charge in [0.25, 0.3) is 5.96 Å². The molecule has 10 nitrogen and oxygen atoms in total. The van der Waals surface area contributed by atoms with Crippen molar-refractivity contribution < 1.29 is 14.6 Å². The molecule has 26 heavy (non-hydrogen) atoms. The lowest BCUT2D eigenvalue weighted by Crippen LogP contribution is -2.41. The van der Waals surface area contributed by atoms with Crippen LogP contribution in [0.3, 0.4) is 0 Å². The van der Waals surface area contributed by atoms with Crippen LogP contribution in [-0.4, -0.2) is 49.2 Å². The Morgan fingerprint density at radius 3 is 2.85 bits per heavy atom. The zero-order valence-corrected chi connectivity index (χ0v) is 14.6. The van der Waals surface area contributed by atoms with Gasteiger partial charge in [-0.05, 0) is 18.4 Å². The number of esters is 1. The summed E-state index contributed by atoms with van der Waals surface area (Å²) in [5.41, 5.74) is 6.56. The first-order chi connectivity index (χ1) is 12.5. The van der Waals surface area contributed by atoms with Gasteiger partial charge in [-0.15, -0.1) is 0 Å². The van der Waals surface area contributed by atoms with Crippen LogP contribution >= 0.6 is 0 Å². The van der Waals surface area contributed by atoms with Crippen LogP contribution in [0.25, 0.3) is 0 Å². The van der Waals surface area contributed by atoms with Crippen molar-refractivity contribution in [2.75, 3.05) is 20.2 Å². The lowest BCUT2D eigenvalue weighted by atomic mass is 10.1. The molecule has 0 aromatic heterocycles. The zero-order chi connectivity index (χ0) is 18.9. The highest BCUT2D eigenvalue weighted by molar-refractivity contribution is 5.77. The average Bonchev–Trinajstić information content (AvgIpc) is 3.40. The Morgan fingerprint density at radius 2 is 2.19 bits per heavy atom. The van der Waals surface area contributed by atoms with Crippen molar-refractivity contribution in [3.63, 3.8) is 0 Å². The Hall–Kier alpha value is -2.72. The van der Waals surface area contributed by atoms with Gasteiger partial charge in [0.15, 0.2) is 5.03 Å². The number of hydrogen-bond donors (Lipinski definition) is 4. The third-order valence-electron chi connectivity index (χ3n) is 4.08. The first kappa shape index (κ1) is 19.6. The predicted octanol–water partition coefficient (Wildman–Crippen LogP) is -0.293. The zero-order valence-electron chi connectivity index (χ0n) is 14.6. The molecule has 0 aliphatic carbocycles. The maximum Gasteiger partial charge on any atom is 0.322 e. The van der Waals surface area contributed by atoms with Crippen molar-refractivity contribution in [2.45, 2.75) is 31.0 Å². The number of nitrogens with two attached hydrogens (primary N) is 1. The summed E-state index contributed by atoms with van der Waals surface area (Å²) in [5, 5.41) is 21.5. The highest BCUT2D eigenvalue weighted by Gasteiger charge is 2.37. The average molecular weight is 364 g/mol. The molecule has 0 radical (unpaired) electrons. The minimum absolute atomic E-state index is 0.259. The van der Waals surface area contributed by atoms with Gasteiger partial charge in [0.2, 0.25) is 0 Å². The van der Waals surface area contributed by atoms with Gasteiger partial charge in [-0.3, -0.25) is 4.79 Å². The van der Waals surface area contributed by atoms with E-state index in [2.05, 4.69) is 33.2 Å². The lowest BCUT2D eigenvalue weighted by Gasteiger charge is -2.16. The second-order valence-electron chi connectivity index (χ2n) is 5.94. The molecule has 1 aromatic carbocycles. The number of hydrazone groups is 1. The van der Waals surface area contributed by atoms with Crippen molar-refractivity contribution in [3.05, 3.63) is 46.0 Å². The molecular weight excluding hydrogens is 340 g/mol. The Morgan fingerprint density at radius 1 is 1.46 bits per heavy atom. The largest absolute Gasteiger partial charge is 0.468 e. The number of ether oxygens (including phenoxy) is 1. The molecular formula is C16H24N6O4. The van der Waals surface area contributed by atoms with E-state index in [0.717, 1.165) is 0 Å². The van der Waals surface area contributed by atoms with E-state index < -0.39 is 11.1 Å². The molecule has 1 fully saturated rings. The van der Waals surface area contributed by atoms with Gasteiger partial charge in [-0.1, -0.05) is 30.3 Å². The molecule has 10 heteroatoms. The van der Waals surface area contributed by atoms with E-state index in [9.17, 15) is 14.9 Å². The van der Waals surface area contributed by atoms with Crippen LogP contribution in [0.4, 0.5) is 0 Å². The van der Waals surface area contributed by atoms with Gasteiger partial charge in [0, 0.05) is 25.2 Å². The van der Waals surface area contributed by atoms with E-state index in [1.54, 1.807) is 0 Å². The van der Waals surface area contributed by atoms with Crippen LogP contribution in [0.5, 0.6) is 0 Å². The fourth-order valence-corrected chi connectivity index (χ4v) is 2.70. The topological polar surface area (TPSA) is 154 Å². The summed E-state index contributed by atoms with van der Waals surface area (Å²) in [7, 11) is 1.35. The van der Waals surface area contributed by atoms with E-state index in [1.165, 1.54) is 12.7 Å². The quantitative estimate of drug-likeness (QED) is 0.0839. The van der Waals surface area contributed by atoms with Crippen molar-refractivity contribution in [1.82, 2.24) is 16.0 Å². The smallest absolute Gasteiger partial charge is 0.322 e. The molecule has 1 aromatic rings. The minimum atomic E-state index is -0.868. The summed E-state index contributed by atoms with van der Waals surface area (Å²) < 4.78 is 4.83. The molecule has 0 saturated carbocycles. The summed E-state index contributed by atoms with van der Waals surface area (Å²) in [6.45, 7) is 1.00. The molecule has 0 bridgehead atoms. The summed E-state index contributed by atoms with van der Waals surface area (Å²) in [5.74, 6) is -0.598. The van der Waals surface area contributed by atoms with Crippen molar-refractivity contribution in [3.8, 4) is 0 Å². The van der Waals surface area contributed by atoms with E-state index >= 15 is 0 Å². The number of carbonyl (C=O) groups excluding carboxylic acids is 1. The Labute approximate surface area is 151 Å². The van der Waals surface area contributed by atoms with Gasteiger partial charge in [-0.2, -0.15) is 0 Å². The molecule has 0 amide bonds. The summed E-state index contributed by atoms with van der Waals surface area (Å²) in [4.78, 5) is 22.1. The van der Waals surface area contributed by atoms with Crippen LogP contribution in [0.15, 0.2) is 35.4 Å². The van der Waals surface area contributed by atoms with E-state index in [4.69, 9.17) is 10.5 Å². The van der Waals surface area contributed by atoms with Gasteiger partial charge in [0.05, 0.1) is 7.11 Å². The first-order valence-electron chi connectivity index (χ1n) is 8.35. The molecule has 2 rings (SSSR count). The van der Waals surface area contributed by atoms with E-state index in [0.29, 0.717) is 32.0 Å². The second-order valence-corrected chi connectivity index (χ2v) is 5.94. The molecule has 3 unspecified atom stereocenters. The molecule has 3 atom stereocenters. The van der Waals surface area contributed by atoms with Crippen LogP contribution in [0.1, 0.15) is 24.4 Å². The van der Waals surface area contributed by atoms with E-state index in [1.807, 2.05) is 18.2 Å². The summed E-state index contributed by atoms with van der Waals surface area (Å²) in [6.07, 6.45) is 1.08. The summed E-state index contributed by atoms with van der Waals surface area (Å²) in [6, 6.07) is 10.2. The van der Waals surface area contributed by atoms with Crippen LogP contribution in [0, 0.1) is 10.1 Å². The maximum atomic E-state index is 11.9. The Bertz CT molecular complexity index is 639. The standard InChI is InChI=1S/C16H24N6O4/c1-26-15(23)12(8-5-9-18-16(17)21-22(24)25)19-10-13-14(20-13)11-6-3-2-4-7-11/h2-4,6-7,12-14,19-20H,5,8-10H2,1H3,(H3,17,18,21). The highest BCUT2D eigenvalue weighted by atomic mass is 16.7. The first-order valence-corrected chi connectivity index (χ1v) is 8.35. The molecule has 0 spiro atoms. The molecule has 1 aliphatic heterocycles. The minimum Gasteiger partial charge on any atom is -0.468 e. The van der Waals surface area contributed by atoms with E-state index in [-0.39, 0.29) is 18.0 Å². The number of hydrogen-bond acceptors (Lipinski definition) is 6. The Balaban J connectivity index is 1.72. The van der Waals surface area contributed by atoms with Crippen LogP contribution in [0.2, 0.25) is 0 Å². The molecule has 1 saturated heterocycles. The fraction of sp³-hybridized carbons (Fsp3) is 0.500. The fourth-order valence-electron chi connectivity index (χ4n) is 2.70. The highest BCUT2D eigenvalue weighted by Crippen LogP contribution is 2.28. The monoisotopic (exact) mass is 364 g/mol. The molecule has 142 valence electrons. The summed E-state index contributed by atoms with van der Waals surface area (Å²) >= 11 is 0. The van der Waals surface area contributed by atoms with Gasteiger partial charge >= 0.3 is 5.97 Å².